The van der Waals surface area contributed by atoms with Crippen molar-refractivity contribution in [3.8, 4) is 0 Å². The maximum atomic E-state index is 5.87. The van der Waals surface area contributed by atoms with Gasteiger partial charge in [0, 0.05) is 23.8 Å². The van der Waals surface area contributed by atoms with E-state index in [0.717, 1.165) is 16.0 Å². The van der Waals surface area contributed by atoms with Crippen LogP contribution in [-0.4, -0.2) is 28.9 Å². The van der Waals surface area contributed by atoms with Crippen LogP contribution in [0.3, 0.4) is 0 Å². The fraction of sp³-hybridized carbons (Fsp3) is 0.455. The average Bonchev–Trinajstić information content (AvgIpc) is 2.66. The van der Waals surface area contributed by atoms with Crippen molar-refractivity contribution in [1.82, 2.24) is 9.97 Å². The van der Waals surface area contributed by atoms with Crippen molar-refractivity contribution in [1.29, 1.82) is 0 Å². The van der Waals surface area contributed by atoms with Gasteiger partial charge in [-0.1, -0.05) is 0 Å². The summed E-state index contributed by atoms with van der Waals surface area (Å²) in [5.41, 5.74) is 0. The Bertz CT molecular complexity index is 497. The van der Waals surface area contributed by atoms with Crippen LogP contribution in [0.15, 0.2) is 12.4 Å². The first-order valence-electron chi connectivity index (χ1n) is 5.13. The molecule has 3 nitrogen and oxygen atoms in total. The second kappa shape index (κ2) is 4.55. The third kappa shape index (κ3) is 1.99. The predicted molar refractivity (Wildman–Crippen MR) is 70.7 cm³/mol. The highest BCUT2D eigenvalue weighted by molar-refractivity contribution is 7.18. The topological polar surface area (TPSA) is 29.0 Å². The Morgan fingerprint density at radius 3 is 2.94 bits per heavy atom. The van der Waals surface area contributed by atoms with Gasteiger partial charge in [0.05, 0.1) is 5.39 Å². The number of alkyl halides is 1. The minimum atomic E-state index is 0.264. The Hall–Kier alpha value is -0.870. The molecule has 2 aromatic rings. The maximum Gasteiger partial charge on any atom is 0.140 e. The van der Waals surface area contributed by atoms with Gasteiger partial charge in [-0.2, -0.15) is 0 Å². The quantitative estimate of drug-likeness (QED) is 0.790. The summed E-state index contributed by atoms with van der Waals surface area (Å²) >= 11 is 7.56. The molecule has 0 bridgehead atoms. The van der Waals surface area contributed by atoms with Crippen LogP contribution in [0, 0.1) is 6.92 Å². The van der Waals surface area contributed by atoms with Crippen LogP contribution in [0.5, 0.6) is 0 Å². The Morgan fingerprint density at radius 1 is 1.50 bits per heavy atom. The number of hydrogen-bond donors (Lipinski definition) is 0. The zero-order chi connectivity index (χ0) is 11.7. The van der Waals surface area contributed by atoms with E-state index < -0.39 is 0 Å². The molecule has 0 fully saturated rings. The highest BCUT2D eigenvalue weighted by Gasteiger charge is 2.14. The Kier molecular flexibility index (Phi) is 3.30. The summed E-state index contributed by atoms with van der Waals surface area (Å²) in [7, 11) is 2.02. The molecule has 5 heteroatoms. The van der Waals surface area contributed by atoms with Gasteiger partial charge in [-0.05, 0) is 19.9 Å². The number of aryl methyl sites for hydroxylation is 1. The second-order valence-electron chi connectivity index (χ2n) is 3.89. The van der Waals surface area contributed by atoms with Gasteiger partial charge >= 0.3 is 0 Å². The third-order valence-electron chi connectivity index (χ3n) is 2.65. The lowest BCUT2D eigenvalue weighted by Gasteiger charge is -2.24. The third-order valence-corrected chi connectivity index (χ3v) is 4.06. The molecule has 1 atom stereocenters. The number of anilines is 1. The predicted octanol–water partition coefficient (Wildman–Crippen LogP) is 3.06. The molecule has 2 rings (SSSR count). The molecule has 2 aromatic heterocycles. The van der Waals surface area contributed by atoms with E-state index in [-0.39, 0.29) is 6.04 Å². The molecule has 16 heavy (non-hydrogen) atoms. The Labute approximate surface area is 104 Å². The normalized spacial score (nSPS) is 13.0. The van der Waals surface area contributed by atoms with E-state index in [9.17, 15) is 0 Å². The highest BCUT2D eigenvalue weighted by Crippen LogP contribution is 2.29. The summed E-state index contributed by atoms with van der Waals surface area (Å²) in [5, 5.41) is 1.12. The van der Waals surface area contributed by atoms with Crippen molar-refractivity contribution in [2.75, 3.05) is 17.8 Å². The molecule has 0 saturated heterocycles. The molecule has 0 aliphatic carbocycles. The van der Waals surface area contributed by atoms with Gasteiger partial charge in [0.25, 0.3) is 0 Å². The fourth-order valence-electron chi connectivity index (χ4n) is 1.56. The lowest BCUT2D eigenvalue weighted by molar-refractivity contribution is 0.752. The zero-order valence-electron chi connectivity index (χ0n) is 9.57. The van der Waals surface area contributed by atoms with Gasteiger partial charge in [-0.3, -0.25) is 0 Å². The molecule has 0 saturated carbocycles. The van der Waals surface area contributed by atoms with Crippen LogP contribution in [-0.2, 0) is 0 Å². The van der Waals surface area contributed by atoms with Crippen molar-refractivity contribution in [3.63, 3.8) is 0 Å². The van der Waals surface area contributed by atoms with Gasteiger partial charge in [0.2, 0.25) is 0 Å². The van der Waals surface area contributed by atoms with Gasteiger partial charge in [0.1, 0.15) is 17.0 Å². The largest absolute Gasteiger partial charge is 0.355 e. The number of fused-ring (bicyclic) bond motifs is 1. The summed E-state index contributed by atoms with van der Waals surface area (Å²) in [5.74, 6) is 1.55. The summed E-state index contributed by atoms with van der Waals surface area (Å²) < 4.78 is 0. The van der Waals surface area contributed by atoms with Crippen LogP contribution in [0.2, 0.25) is 0 Å². The van der Waals surface area contributed by atoms with E-state index in [1.54, 1.807) is 17.7 Å². The van der Waals surface area contributed by atoms with E-state index in [2.05, 4.69) is 34.8 Å². The second-order valence-corrected chi connectivity index (χ2v) is 5.43. The van der Waals surface area contributed by atoms with Crippen molar-refractivity contribution in [2.24, 2.45) is 0 Å². The monoisotopic (exact) mass is 255 g/mol. The summed E-state index contributed by atoms with van der Waals surface area (Å²) in [6.07, 6.45) is 1.62. The van der Waals surface area contributed by atoms with E-state index >= 15 is 0 Å². The number of nitrogens with zero attached hydrogens (tertiary/aromatic N) is 3. The summed E-state index contributed by atoms with van der Waals surface area (Å²) in [4.78, 5) is 13.0. The average molecular weight is 256 g/mol. The van der Waals surface area contributed by atoms with Gasteiger partial charge in [-0.15, -0.1) is 22.9 Å². The van der Waals surface area contributed by atoms with Gasteiger partial charge < -0.3 is 4.90 Å². The number of rotatable bonds is 3. The van der Waals surface area contributed by atoms with Crippen LogP contribution in [0.4, 0.5) is 5.82 Å². The van der Waals surface area contributed by atoms with Crippen LogP contribution in [0.25, 0.3) is 10.2 Å². The molecule has 0 N–H and O–H groups in total. The molecule has 0 amide bonds. The number of hydrogen-bond acceptors (Lipinski definition) is 4. The van der Waals surface area contributed by atoms with E-state index in [0.29, 0.717) is 5.88 Å². The number of aromatic nitrogens is 2. The zero-order valence-corrected chi connectivity index (χ0v) is 11.1. The lowest BCUT2D eigenvalue weighted by atomic mass is 10.3. The van der Waals surface area contributed by atoms with Crippen molar-refractivity contribution >= 4 is 39.0 Å². The van der Waals surface area contributed by atoms with Crippen molar-refractivity contribution < 1.29 is 0 Å². The first kappa shape index (κ1) is 11.6. The molecule has 0 radical (unpaired) electrons. The Balaban J connectivity index is 2.51. The minimum Gasteiger partial charge on any atom is -0.355 e. The van der Waals surface area contributed by atoms with Crippen LogP contribution < -0.4 is 4.90 Å². The Morgan fingerprint density at radius 2 is 2.25 bits per heavy atom. The summed E-state index contributed by atoms with van der Waals surface area (Å²) in [6, 6.07) is 2.40. The molecule has 0 aromatic carbocycles. The molecule has 86 valence electrons. The first-order chi connectivity index (χ1) is 7.63. The standard InChI is InChI=1S/C11H14ClN3S/c1-7(5-12)15(3)10-9-4-8(2)16-11(9)14-6-13-10/h4,6-7H,5H2,1-3H3. The maximum absolute atomic E-state index is 5.87. The lowest BCUT2D eigenvalue weighted by Crippen LogP contribution is -2.31. The number of thiophene rings is 1. The van der Waals surface area contributed by atoms with E-state index in [4.69, 9.17) is 11.6 Å². The minimum absolute atomic E-state index is 0.264. The van der Waals surface area contributed by atoms with Crippen LogP contribution >= 0.6 is 22.9 Å². The van der Waals surface area contributed by atoms with Gasteiger partial charge in [-0.25, -0.2) is 9.97 Å². The first-order valence-corrected chi connectivity index (χ1v) is 6.48. The van der Waals surface area contributed by atoms with Crippen LogP contribution in [0.1, 0.15) is 11.8 Å². The smallest absolute Gasteiger partial charge is 0.140 e. The summed E-state index contributed by atoms with van der Waals surface area (Å²) in [6.45, 7) is 4.17. The van der Waals surface area contributed by atoms with Gasteiger partial charge in [0.15, 0.2) is 0 Å². The van der Waals surface area contributed by atoms with E-state index in [1.165, 1.54) is 4.88 Å². The van der Waals surface area contributed by atoms with E-state index in [1.807, 2.05) is 7.05 Å². The molecule has 0 spiro atoms. The van der Waals surface area contributed by atoms with Crippen molar-refractivity contribution in [3.05, 3.63) is 17.3 Å². The molecule has 1 unspecified atom stereocenters. The molecule has 0 aliphatic rings. The molecular formula is C11H14ClN3S. The molecular weight excluding hydrogens is 242 g/mol. The molecule has 0 aliphatic heterocycles. The SMILES string of the molecule is Cc1cc2c(N(C)C(C)CCl)ncnc2s1. The highest BCUT2D eigenvalue weighted by atomic mass is 35.5. The molecule has 2 heterocycles. The number of halogens is 1. The van der Waals surface area contributed by atoms with Crippen molar-refractivity contribution in [2.45, 2.75) is 19.9 Å². The fourth-order valence-corrected chi connectivity index (χ4v) is 2.61.